The fraction of sp³-hybridized carbons (Fsp3) is 0. The van der Waals surface area contributed by atoms with Crippen LogP contribution in [0.25, 0.3) is 0 Å². The lowest BCUT2D eigenvalue weighted by molar-refractivity contribution is -0.385. The van der Waals surface area contributed by atoms with Gasteiger partial charge in [0.2, 0.25) is 0 Å². The van der Waals surface area contributed by atoms with Crippen molar-refractivity contribution < 1.29 is 14.4 Å². The van der Waals surface area contributed by atoms with E-state index in [4.69, 9.17) is 12.2 Å². The molecule has 2 rings (SSSR count). The molecule has 0 heterocycles. The van der Waals surface area contributed by atoms with Crippen molar-refractivity contribution in [3.8, 4) is 5.75 Å². The largest absolute Gasteiger partial charge is 0.502 e. The van der Waals surface area contributed by atoms with Crippen molar-refractivity contribution in [3.05, 3.63) is 64.0 Å². The average molecular weight is 334 g/mol. The van der Waals surface area contributed by atoms with Crippen LogP contribution in [0.1, 0.15) is 5.56 Å². The number of nitro groups is 1. The van der Waals surface area contributed by atoms with Crippen molar-refractivity contribution in [1.29, 1.82) is 0 Å². The molecule has 0 atom stereocenters. The number of benzene rings is 2. The third-order valence-corrected chi connectivity index (χ3v) is 2.89. The van der Waals surface area contributed by atoms with Crippen LogP contribution in [0, 0.1) is 15.9 Å². The average Bonchev–Trinajstić information content (AvgIpc) is 2.51. The summed E-state index contributed by atoms with van der Waals surface area (Å²) >= 11 is 4.95. The topological polar surface area (TPSA) is 99.8 Å². The molecule has 0 fully saturated rings. The summed E-state index contributed by atoms with van der Waals surface area (Å²) in [6.07, 6.45) is 1.28. The first-order valence-corrected chi connectivity index (χ1v) is 6.70. The Kier molecular flexibility index (Phi) is 5.15. The van der Waals surface area contributed by atoms with Crippen LogP contribution in [0.5, 0.6) is 5.75 Å². The molecule has 2 aromatic rings. The lowest BCUT2D eigenvalue weighted by atomic mass is 10.2. The van der Waals surface area contributed by atoms with Gasteiger partial charge in [0.25, 0.3) is 0 Å². The van der Waals surface area contributed by atoms with Crippen molar-refractivity contribution in [3.63, 3.8) is 0 Å². The van der Waals surface area contributed by atoms with E-state index < -0.39 is 22.2 Å². The zero-order valence-corrected chi connectivity index (χ0v) is 12.4. The van der Waals surface area contributed by atoms with E-state index in [1.54, 1.807) is 12.1 Å². The summed E-state index contributed by atoms with van der Waals surface area (Å²) in [5.74, 6) is -0.897. The van der Waals surface area contributed by atoms with Gasteiger partial charge in [-0.1, -0.05) is 12.1 Å². The maximum absolute atomic E-state index is 13.4. The first kappa shape index (κ1) is 16.3. The monoisotopic (exact) mass is 334 g/mol. The van der Waals surface area contributed by atoms with E-state index in [1.807, 2.05) is 0 Å². The molecule has 0 radical (unpaired) electrons. The van der Waals surface area contributed by atoms with E-state index in [1.165, 1.54) is 30.5 Å². The van der Waals surface area contributed by atoms with Gasteiger partial charge in [-0.15, -0.1) is 0 Å². The van der Waals surface area contributed by atoms with Gasteiger partial charge < -0.3 is 10.4 Å². The second-order valence-electron chi connectivity index (χ2n) is 4.31. The van der Waals surface area contributed by atoms with Gasteiger partial charge in [0.1, 0.15) is 5.82 Å². The van der Waals surface area contributed by atoms with Crippen molar-refractivity contribution in [1.82, 2.24) is 5.43 Å². The number of rotatable bonds is 4. The number of phenols is 1. The number of para-hydroxylation sites is 1. The first-order valence-electron chi connectivity index (χ1n) is 6.29. The standard InChI is InChI=1S/C14H11FN4O3S/c15-10-3-1-2-4-11(10)17-14(23)18-16-8-9-5-6-13(20)12(7-9)19(21)22/h1-8,20H,(H2,17,18,23)/b16-8+. The number of phenolic OH excluding ortho intramolecular Hbond substituents is 1. The van der Waals surface area contributed by atoms with Crippen LogP contribution in [0.4, 0.5) is 15.8 Å². The molecule has 0 saturated carbocycles. The second kappa shape index (κ2) is 7.27. The Hall–Kier alpha value is -3.07. The van der Waals surface area contributed by atoms with E-state index in [0.29, 0.717) is 5.56 Å². The van der Waals surface area contributed by atoms with Gasteiger partial charge in [-0.05, 0) is 36.5 Å². The molecule has 0 aromatic heterocycles. The summed E-state index contributed by atoms with van der Waals surface area (Å²) in [6, 6.07) is 9.78. The molecule has 3 N–H and O–H groups in total. The highest BCUT2D eigenvalue weighted by Gasteiger charge is 2.12. The van der Waals surface area contributed by atoms with Crippen molar-refractivity contribution in [2.75, 3.05) is 5.32 Å². The van der Waals surface area contributed by atoms with Gasteiger partial charge in [0, 0.05) is 11.6 Å². The van der Waals surface area contributed by atoms with Gasteiger partial charge in [0.05, 0.1) is 16.8 Å². The molecule has 0 spiro atoms. The highest BCUT2D eigenvalue weighted by atomic mass is 32.1. The van der Waals surface area contributed by atoms with E-state index >= 15 is 0 Å². The molecule has 0 bridgehead atoms. The van der Waals surface area contributed by atoms with Crippen molar-refractivity contribution >= 4 is 34.9 Å². The molecule has 0 aliphatic rings. The molecule has 0 unspecified atom stereocenters. The molecule has 118 valence electrons. The minimum Gasteiger partial charge on any atom is -0.502 e. The first-order chi connectivity index (χ1) is 11.0. The summed E-state index contributed by atoms with van der Waals surface area (Å²) < 4.78 is 13.4. The van der Waals surface area contributed by atoms with E-state index in [0.717, 1.165) is 6.07 Å². The zero-order chi connectivity index (χ0) is 16.8. The number of nitrogens with zero attached hydrogens (tertiary/aromatic N) is 2. The number of nitrogens with one attached hydrogen (secondary N) is 2. The summed E-state index contributed by atoms with van der Waals surface area (Å²) in [5, 5.41) is 26.5. The summed E-state index contributed by atoms with van der Waals surface area (Å²) in [5.41, 5.74) is 2.61. The Bertz CT molecular complexity index is 782. The second-order valence-corrected chi connectivity index (χ2v) is 4.72. The molecule has 23 heavy (non-hydrogen) atoms. The lowest BCUT2D eigenvalue weighted by Crippen LogP contribution is -2.24. The van der Waals surface area contributed by atoms with Crippen molar-refractivity contribution in [2.24, 2.45) is 5.10 Å². The normalized spacial score (nSPS) is 10.5. The third kappa shape index (κ3) is 4.45. The molecule has 0 saturated heterocycles. The van der Waals surface area contributed by atoms with Crippen molar-refractivity contribution in [2.45, 2.75) is 0 Å². The van der Waals surface area contributed by atoms with Gasteiger partial charge in [0.15, 0.2) is 10.9 Å². The van der Waals surface area contributed by atoms with Crippen LogP contribution in [-0.2, 0) is 0 Å². The number of thiocarbonyl (C=S) groups is 1. The highest BCUT2D eigenvalue weighted by molar-refractivity contribution is 7.80. The predicted octanol–water partition coefficient (Wildman–Crippen LogP) is 2.76. The van der Waals surface area contributed by atoms with E-state index in [2.05, 4.69) is 15.8 Å². The molecule has 0 aliphatic heterocycles. The molecule has 2 aromatic carbocycles. The molecule has 0 amide bonds. The van der Waals surface area contributed by atoms with Gasteiger partial charge in [-0.2, -0.15) is 5.10 Å². The Morgan fingerprint density at radius 1 is 1.35 bits per heavy atom. The number of hydrogen-bond donors (Lipinski definition) is 3. The zero-order valence-electron chi connectivity index (χ0n) is 11.6. The molecular weight excluding hydrogens is 323 g/mol. The van der Waals surface area contributed by atoms with Crippen LogP contribution in [-0.4, -0.2) is 21.4 Å². The number of nitro benzene ring substituents is 1. The molecule has 9 heteroatoms. The molecule has 0 aliphatic carbocycles. The summed E-state index contributed by atoms with van der Waals surface area (Å²) in [4.78, 5) is 10.0. The Labute approximate surface area is 135 Å². The number of hydrogen-bond acceptors (Lipinski definition) is 5. The van der Waals surface area contributed by atoms with Crippen LogP contribution in [0.3, 0.4) is 0 Å². The minimum absolute atomic E-state index is 0.0552. The number of anilines is 1. The Morgan fingerprint density at radius 3 is 2.78 bits per heavy atom. The van der Waals surface area contributed by atoms with E-state index in [-0.39, 0.29) is 10.8 Å². The van der Waals surface area contributed by atoms with Crippen LogP contribution in [0.2, 0.25) is 0 Å². The summed E-state index contributed by atoms with van der Waals surface area (Å²) in [7, 11) is 0. The smallest absolute Gasteiger partial charge is 0.311 e. The fourth-order valence-corrected chi connectivity index (χ4v) is 1.81. The minimum atomic E-state index is -0.704. The fourth-order valence-electron chi connectivity index (χ4n) is 1.65. The Balaban J connectivity index is 1.99. The van der Waals surface area contributed by atoms with E-state index in [9.17, 15) is 19.6 Å². The van der Waals surface area contributed by atoms with Crippen LogP contribution >= 0.6 is 12.2 Å². The Morgan fingerprint density at radius 2 is 2.09 bits per heavy atom. The number of hydrazone groups is 1. The highest BCUT2D eigenvalue weighted by Crippen LogP contribution is 2.25. The number of halogens is 1. The SMILES string of the molecule is O=[N+]([O-])c1cc(/C=N/NC(=S)Nc2ccccc2F)ccc1O. The number of aromatic hydroxyl groups is 1. The van der Waals surface area contributed by atoms with Gasteiger partial charge >= 0.3 is 5.69 Å². The lowest BCUT2D eigenvalue weighted by Gasteiger charge is -2.07. The summed E-state index contributed by atoms with van der Waals surface area (Å²) in [6.45, 7) is 0. The molecule has 7 nitrogen and oxygen atoms in total. The van der Waals surface area contributed by atoms with Gasteiger partial charge in [-0.3, -0.25) is 15.5 Å². The maximum Gasteiger partial charge on any atom is 0.311 e. The van der Waals surface area contributed by atoms with Gasteiger partial charge in [-0.25, -0.2) is 4.39 Å². The quantitative estimate of drug-likeness (QED) is 0.344. The predicted molar refractivity (Wildman–Crippen MR) is 88.1 cm³/mol. The molecular formula is C14H11FN4O3S. The van der Waals surface area contributed by atoms with Crippen LogP contribution < -0.4 is 10.7 Å². The maximum atomic E-state index is 13.4. The van der Waals surface area contributed by atoms with Crippen LogP contribution in [0.15, 0.2) is 47.6 Å². The third-order valence-electron chi connectivity index (χ3n) is 2.70.